The summed E-state index contributed by atoms with van der Waals surface area (Å²) in [5.74, 6) is 1.45. The zero-order valence-corrected chi connectivity index (χ0v) is 27.7. The van der Waals surface area contributed by atoms with Crippen LogP contribution in [0.15, 0.2) is 178 Å². The highest BCUT2D eigenvalue weighted by Gasteiger charge is 2.27. The number of hydrogen-bond donors (Lipinski definition) is 1. The molecule has 10 rings (SSSR count). The molecule has 1 aliphatic heterocycles. The molecule has 0 saturated carbocycles. The molecule has 0 aliphatic carbocycles. The molecule has 1 unspecified atom stereocenters. The van der Waals surface area contributed by atoms with Crippen molar-refractivity contribution in [3.8, 4) is 22.3 Å². The van der Waals surface area contributed by atoms with E-state index in [0.717, 1.165) is 55.6 Å². The van der Waals surface area contributed by atoms with Gasteiger partial charge in [-0.3, -0.25) is 0 Å². The van der Waals surface area contributed by atoms with Crippen molar-refractivity contribution in [3.05, 3.63) is 180 Å². The highest BCUT2D eigenvalue weighted by molar-refractivity contribution is 7.25. The van der Waals surface area contributed by atoms with Crippen molar-refractivity contribution < 1.29 is 4.42 Å². The smallest absolute Gasteiger partial charge is 0.159 e. The van der Waals surface area contributed by atoms with Crippen molar-refractivity contribution in [2.45, 2.75) is 6.17 Å². The maximum atomic E-state index is 6.45. The number of thiophene rings is 1. The molecule has 0 fully saturated rings. The van der Waals surface area contributed by atoms with Gasteiger partial charge in [0.15, 0.2) is 5.84 Å². The first-order chi connectivity index (χ1) is 24.8. The van der Waals surface area contributed by atoms with Crippen molar-refractivity contribution >= 4 is 65.1 Å². The van der Waals surface area contributed by atoms with Crippen LogP contribution in [0.4, 0.5) is 0 Å². The van der Waals surface area contributed by atoms with Crippen LogP contribution < -0.4 is 5.32 Å². The third-order valence-corrected chi connectivity index (χ3v) is 10.7. The Morgan fingerprint density at radius 2 is 1.18 bits per heavy atom. The fourth-order valence-electron chi connectivity index (χ4n) is 7.15. The predicted octanol–water partition coefficient (Wildman–Crippen LogP) is 11.8. The molecule has 236 valence electrons. The van der Waals surface area contributed by atoms with E-state index in [1.165, 1.54) is 31.3 Å². The predicted molar refractivity (Wildman–Crippen MR) is 209 cm³/mol. The number of nitrogens with zero attached hydrogens (tertiary/aromatic N) is 2. The minimum atomic E-state index is -0.353. The Bertz CT molecular complexity index is 2780. The normalized spacial score (nSPS) is 14.6. The zero-order valence-electron chi connectivity index (χ0n) is 26.9. The molecule has 5 heteroatoms. The Labute approximate surface area is 292 Å². The Morgan fingerprint density at radius 1 is 0.520 bits per heavy atom. The third kappa shape index (κ3) is 4.82. The lowest BCUT2D eigenvalue weighted by Crippen LogP contribution is -2.34. The first-order valence-electron chi connectivity index (χ1n) is 16.8. The third-order valence-electron chi connectivity index (χ3n) is 9.58. The van der Waals surface area contributed by atoms with Gasteiger partial charge in [0, 0.05) is 42.1 Å². The maximum Gasteiger partial charge on any atom is 0.159 e. The average molecular weight is 660 g/mol. The fraction of sp³-hybridized carbons (Fsp3) is 0.0222. The highest BCUT2D eigenvalue weighted by Crippen LogP contribution is 2.41. The number of benzene rings is 7. The summed E-state index contributed by atoms with van der Waals surface area (Å²) < 4.78 is 9.00. The molecule has 0 bridgehead atoms. The van der Waals surface area contributed by atoms with E-state index in [1.807, 2.05) is 47.7 Å². The minimum absolute atomic E-state index is 0.353. The lowest BCUT2D eigenvalue weighted by molar-refractivity contribution is 0.668. The van der Waals surface area contributed by atoms with Crippen molar-refractivity contribution in [3.63, 3.8) is 0 Å². The molecule has 1 atom stereocenters. The van der Waals surface area contributed by atoms with Crippen molar-refractivity contribution in [1.82, 2.24) is 5.32 Å². The van der Waals surface area contributed by atoms with Gasteiger partial charge >= 0.3 is 0 Å². The van der Waals surface area contributed by atoms with E-state index in [0.29, 0.717) is 5.84 Å². The first kappa shape index (κ1) is 28.7. The average Bonchev–Trinajstić information content (AvgIpc) is 3.76. The maximum absolute atomic E-state index is 6.45. The quantitative estimate of drug-likeness (QED) is 0.200. The Morgan fingerprint density at radius 3 is 2.00 bits per heavy atom. The summed E-state index contributed by atoms with van der Waals surface area (Å²) in [5, 5.41) is 8.44. The van der Waals surface area contributed by atoms with Crippen molar-refractivity contribution in [2.75, 3.05) is 0 Å². The number of hydrogen-bond acceptors (Lipinski definition) is 5. The van der Waals surface area contributed by atoms with Gasteiger partial charge in [0.05, 0.1) is 0 Å². The number of fused-ring (bicyclic) bond motifs is 6. The SMILES string of the molecule is c1ccc(C2=NC(c3ccc(-c4ccccc4)cc3)NC(c3c(-c4ccc5c(c4)sc4ccccc45)ccc4oc5ccccc5c34)=N2)cc1. The van der Waals surface area contributed by atoms with Crippen LogP contribution in [0.1, 0.15) is 22.9 Å². The van der Waals surface area contributed by atoms with Crippen LogP contribution in [0.2, 0.25) is 0 Å². The summed E-state index contributed by atoms with van der Waals surface area (Å²) in [4.78, 5) is 10.5. The molecule has 0 amide bonds. The number of furan rings is 1. The number of nitrogens with one attached hydrogen (secondary N) is 1. The summed E-state index contributed by atoms with van der Waals surface area (Å²) in [5.41, 5.74) is 9.27. The Hall–Kier alpha value is -6.30. The van der Waals surface area contributed by atoms with E-state index in [9.17, 15) is 0 Å². The molecular formula is C45H29N3OS. The standard InChI is InChI=1S/C45H29N3OS/c1-3-11-28(12-4-1)29-19-21-31(22-20-29)44-46-43(30-13-5-2-6-14-30)47-45(48-44)42-33(25-26-38-41(42)36-16-7-9-17-37(36)49-38)32-23-24-35-34-15-8-10-18-39(34)50-40(35)27-32/h1-27,44H,(H,46,47,48). The summed E-state index contributed by atoms with van der Waals surface area (Å²) >= 11 is 1.83. The molecule has 1 N–H and O–H groups in total. The molecule has 0 spiro atoms. The van der Waals surface area contributed by atoms with Crippen LogP contribution >= 0.6 is 11.3 Å². The summed E-state index contributed by atoms with van der Waals surface area (Å²) in [7, 11) is 0. The van der Waals surface area contributed by atoms with Gasteiger partial charge < -0.3 is 9.73 Å². The van der Waals surface area contributed by atoms with Crippen LogP contribution in [0, 0.1) is 0 Å². The summed E-state index contributed by atoms with van der Waals surface area (Å²) in [6.45, 7) is 0. The summed E-state index contributed by atoms with van der Waals surface area (Å²) in [6.07, 6.45) is -0.353. The van der Waals surface area contributed by atoms with Gasteiger partial charge in [-0.2, -0.15) is 0 Å². The minimum Gasteiger partial charge on any atom is -0.456 e. The number of para-hydroxylation sites is 1. The molecule has 9 aromatic rings. The molecule has 7 aromatic carbocycles. The zero-order chi connectivity index (χ0) is 33.0. The van der Waals surface area contributed by atoms with Crippen LogP contribution in [0.25, 0.3) is 64.4 Å². The van der Waals surface area contributed by atoms with Crippen molar-refractivity contribution in [2.24, 2.45) is 9.98 Å². The van der Waals surface area contributed by atoms with Crippen LogP contribution in [-0.2, 0) is 0 Å². The van der Waals surface area contributed by atoms with Gasteiger partial charge in [-0.25, -0.2) is 9.98 Å². The second kappa shape index (κ2) is 11.7. The van der Waals surface area contributed by atoms with Gasteiger partial charge in [-0.05, 0) is 58.1 Å². The Kier molecular flexibility index (Phi) is 6.71. The summed E-state index contributed by atoms with van der Waals surface area (Å²) in [6, 6.07) is 57.4. The van der Waals surface area contributed by atoms with Gasteiger partial charge in [-0.15, -0.1) is 11.3 Å². The molecule has 4 nitrogen and oxygen atoms in total. The highest BCUT2D eigenvalue weighted by atomic mass is 32.1. The lowest BCUT2D eigenvalue weighted by atomic mass is 9.93. The van der Waals surface area contributed by atoms with Crippen LogP contribution in [0.3, 0.4) is 0 Å². The second-order valence-electron chi connectivity index (χ2n) is 12.6. The second-order valence-corrected chi connectivity index (χ2v) is 13.7. The van der Waals surface area contributed by atoms with E-state index in [2.05, 4.69) is 133 Å². The number of rotatable bonds is 5. The lowest BCUT2D eigenvalue weighted by Gasteiger charge is -2.25. The molecular weight excluding hydrogens is 631 g/mol. The van der Waals surface area contributed by atoms with Crippen LogP contribution in [-0.4, -0.2) is 11.7 Å². The van der Waals surface area contributed by atoms with Crippen LogP contribution in [0.5, 0.6) is 0 Å². The molecule has 3 heterocycles. The van der Waals surface area contributed by atoms with E-state index in [-0.39, 0.29) is 6.17 Å². The fourth-order valence-corrected chi connectivity index (χ4v) is 8.29. The molecule has 1 aliphatic rings. The number of amidine groups is 2. The van der Waals surface area contributed by atoms with E-state index in [4.69, 9.17) is 14.4 Å². The number of aliphatic imine (C=N–C) groups is 2. The van der Waals surface area contributed by atoms with E-state index in [1.54, 1.807) is 0 Å². The first-order valence-corrected chi connectivity index (χ1v) is 17.6. The largest absolute Gasteiger partial charge is 0.456 e. The molecule has 50 heavy (non-hydrogen) atoms. The van der Waals surface area contributed by atoms with Gasteiger partial charge in [0.1, 0.15) is 23.2 Å². The van der Waals surface area contributed by atoms with Gasteiger partial charge in [0.2, 0.25) is 0 Å². The monoisotopic (exact) mass is 659 g/mol. The van der Waals surface area contributed by atoms with Crippen molar-refractivity contribution in [1.29, 1.82) is 0 Å². The van der Waals surface area contributed by atoms with E-state index < -0.39 is 0 Å². The molecule has 0 radical (unpaired) electrons. The molecule has 0 saturated heterocycles. The van der Waals surface area contributed by atoms with Gasteiger partial charge in [0.25, 0.3) is 0 Å². The van der Waals surface area contributed by atoms with E-state index >= 15 is 0 Å². The molecule has 2 aromatic heterocycles. The Balaban J connectivity index is 1.18. The topological polar surface area (TPSA) is 49.9 Å². The van der Waals surface area contributed by atoms with Gasteiger partial charge in [-0.1, -0.05) is 133 Å².